The van der Waals surface area contributed by atoms with Gasteiger partial charge in [0.1, 0.15) is 5.75 Å². The summed E-state index contributed by atoms with van der Waals surface area (Å²) < 4.78 is 6.65. The Balaban J connectivity index is 1.97. The molecule has 6 heteroatoms. The second-order valence-corrected chi connectivity index (χ2v) is 8.65. The first kappa shape index (κ1) is 21.3. The topological polar surface area (TPSA) is 46.9 Å². The Labute approximate surface area is 176 Å². The monoisotopic (exact) mass is 412 g/mol. The minimum absolute atomic E-state index is 0.0176. The van der Waals surface area contributed by atoms with Crippen molar-refractivity contribution in [2.24, 2.45) is 0 Å². The normalized spacial score (nSPS) is 11.2. The lowest BCUT2D eigenvalue weighted by atomic mass is 10.0. The average Bonchev–Trinajstić information content (AvgIpc) is 3.09. The number of nitrogens with one attached hydrogen (secondary N) is 1. The first-order valence-corrected chi connectivity index (χ1v) is 10.9. The molecule has 0 atom stereocenters. The van der Waals surface area contributed by atoms with Crippen molar-refractivity contribution < 1.29 is 14.4 Å². The van der Waals surface area contributed by atoms with Crippen LogP contribution in [0.1, 0.15) is 34.8 Å². The van der Waals surface area contributed by atoms with Gasteiger partial charge in [-0.25, -0.2) is 4.98 Å². The first-order chi connectivity index (χ1) is 13.9. The highest BCUT2D eigenvalue weighted by atomic mass is 32.1. The first-order valence-electron chi connectivity index (χ1n) is 10.1. The van der Waals surface area contributed by atoms with E-state index in [-0.39, 0.29) is 5.91 Å². The second kappa shape index (κ2) is 9.37. The van der Waals surface area contributed by atoms with Crippen molar-refractivity contribution in [3.63, 3.8) is 0 Å². The zero-order valence-corrected chi connectivity index (χ0v) is 18.7. The van der Waals surface area contributed by atoms with Crippen LogP contribution in [-0.4, -0.2) is 44.7 Å². The highest BCUT2D eigenvalue weighted by Gasteiger charge is 2.23. The number of thiazole rings is 1. The molecule has 0 spiro atoms. The quantitative estimate of drug-likeness (QED) is 0.616. The molecule has 0 aliphatic heterocycles. The number of rotatable bonds is 8. The number of nitrogens with zero attached hydrogens (tertiary/aromatic N) is 2. The number of quaternary nitrogens is 1. The van der Waals surface area contributed by atoms with Gasteiger partial charge in [0.25, 0.3) is 5.91 Å². The summed E-state index contributed by atoms with van der Waals surface area (Å²) >= 11 is 1.54. The number of aromatic nitrogens is 1. The Hall–Kier alpha value is -2.44. The van der Waals surface area contributed by atoms with E-state index in [0.29, 0.717) is 13.2 Å². The molecule has 0 aliphatic carbocycles. The minimum atomic E-state index is 0.0176. The number of amides is 1. The highest BCUT2D eigenvalue weighted by molar-refractivity contribution is 7.22. The second-order valence-electron chi connectivity index (χ2n) is 7.64. The van der Waals surface area contributed by atoms with Crippen molar-refractivity contribution in [2.75, 3.05) is 38.7 Å². The molecule has 1 heterocycles. The van der Waals surface area contributed by atoms with Crippen molar-refractivity contribution in [2.45, 2.75) is 27.2 Å². The minimum Gasteiger partial charge on any atom is -0.494 e. The molecule has 0 aliphatic rings. The molecule has 29 heavy (non-hydrogen) atoms. The number of carbonyl (C=O) groups is 1. The number of carbonyl (C=O) groups excluding carboxylic acids is 1. The molecule has 0 unspecified atom stereocenters. The number of anilines is 1. The SMILES string of the molecule is CCOc1ccc2nc(N(CCC[NH+](C)C)C(=O)c3cc(C)ccc3C)sc2c1. The van der Waals surface area contributed by atoms with Gasteiger partial charge in [-0.05, 0) is 50.6 Å². The largest absolute Gasteiger partial charge is 0.494 e. The zero-order chi connectivity index (χ0) is 21.0. The van der Waals surface area contributed by atoms with E-state index in [1.54, 1.807) is 11.3 Å². The predicted octanol–water partition coefficient (Wildman–Crippen LogP) is 3.49. The van der Waals surface area contributed by atoms with Crippen molar-refractivity contribution in [1.29, 1.82) is 0 Å². The Bertz CT molecular complexity index is 997. The number of hydrogen-bond donors (Lipinski definition) is 1. The van der Waals surface area contributed by atoms with E-state index >= 15 is 0 Å². The van der Waals surface area contributed by atoms with Crippen molar-refractivity contribution in [3.8, 4) is 5.75 Å². The summed E-state index contributed by atoms with van der Waals surface area (Å²) in [6, 6.07) is 11.9. The average molecular weight is 413 g/mol. The number of fused-ring (bicyclic) bond motifs is 1. The maximum atomic E-state index is 13.5. The van der Waals surface area contributed by atoms with Crippen LogP contribution in [0.5, 0.6) is 5.75 Å². The molecule has 0 saturated carbocycles. The van der Waals surface area contributed by atoms with Crippen LogP contribution >= 0.6 is 11.3 Å². The summed E-state index contributed by atoms with van der Waals surface area (Å²) in [7, 11) is 4.26. The fourth-order valence-corrected chi connectivity index (χ4v) is 4.27. The summed E-state index contributed by atoms with van der Waals surface area (Å²) in [5, 5.41) is 0.744. The van der Waals surface area contributed by atoms with E-state index in [0.717, 1.165) is 50.8 Å². The van der Waals surface area contributed by atoms with E-state index in [1.807, 2.05) is 62.1 Å². The Kier molecular flexibility index (Phi) is 6.87. The van der Waals surface area contributed by atoms with Gasteiger partial charge in [0.15, 0.2) is 5.13 Å². The van der Waals surface area contributed by atoms with Crippen molar-refractivity contribution >= 4 is 32.6 Å². The number of aryl methyl sites for hydroxylation is 2. The number of benzene rings is 2. The van der Waals surface area contributed by atoms with Gasteiger partial charge in [-0.2, -0.15) is 0 Å². The maximum Gasteiger partial charge on any atom is 0.260 e. The molecule has 0 fully saturated rings. The molecule has 3 rings (SSSR count). The summed E-state index contributed by atoms with van der Waals surface area (Å²) in [6.07, 6.45) is 0.916. The fourth-order valence-electron chi connectivity index (χ4n) is 3.25. The van der Waals surface area contributed by atoms with E-state index < -0.39 is 0 Å². The third kappa shape index (κ3) is 5.14. The van der Waals surface area contributed by atoms with Gasteiger partial charge in [0, 0.05) is 18.5 Å². The molecule has 5 nitrogen and oxygen atoms in total. The van der Waals surface area contributed by atoms with Gasteiger partial charge in [-0.1, -0.05) is 29.0 Å². The summed E-state index contributed by atoms with van der Waals surface area (Å²) in [4.78, 5) is 21.5. The lowest BCUT2D eigenvalue weighted by Gasteiger charge is -2.21. The lowest BCUT2D eigenvalue weighted by Crippen LogP contribution is -3.05. The summed E-state index contributed by atoms with van der Waals surface area (Å²) in [5.41, 5.74) is 3.72. The Morgan fingerprint density at radius 3 is 2.69 bits per heavy atom. The predicted molar refractivity (Wildman–Crippen MR) is 121 cm³/mol. The molecule has 1 aromatic heterocycles. The van der Waals surface area contributed by atoms with Crippen molar-refractivity contribution in [1.82, 2.24) is 4.98 Å². The number of ether oxygens (including phenoxy) is 1. The van der Waals surface area contributed by atoms with E-state index in [1.165, 1.54) is 4.90 Å². The lowest BCUT2D eigenvalue weighted by molar-refractivity contribution is -0.858. The van der Waals surface area contributed by atoms with Gasteiger partial charge in [-0.15, -0.1) is 0 Å². The summed E-state index contributed by atoms with van der Waals surface area (Å²) in [5.74, 6) is 0.850. The maximum absolute atomic E-state index is 13.5. The van der Waals surface area contributed by atoms with Crippen LogP contribution in [0.15, 0.2) is 36.4 Å². The molecule has 1 amide bonds. The Morgan fingerprint density at radius 1 is 1.17 bits per heavy atom. The fraction of sp³-hybridized carbons (Fsp3) is 0.391. The van der Waals surface area contributed by atoms with Crippen molar-refractivity contribution in [3.05, 3.63) is 53.1 Å². The molecular weight excluding hydrogens is 382 g/mol. The smallest absolute Gasteiger partial charge is 0.260 e. The Morgan fingerprint density at radius 2 is 1.97 bits per heavy atom. The van der Waals surface area contributed by atoms with Gasteiger partial charge in [0.05, 0.1) is 37.5 Å². The van der Waals surface area contributed by atoms with E-state index in [9.17, 15) is 4.79 Å². The zero-order valence-electron chi connectivity index (χ0n) is 17.9. The molecule has 0 saturated heterocycles. The standard InChI is InChI=1S/C23H29N3O2S/c1-6-28-18-10-11-20-21(15-18)29-23(24-20)26(13-7-12-25(4)5)22(27)19-14-16(2)8-9-17(19)3/h8-11,14-15H,6-7,12-13H2,1-5H3/p+1. The van der Waals surface area contributed by atoms with Gasteiger partial charge in [0.2, 0.25) is 0 Å². The highest BCUT2D eigenvalue weighted by Crippen LogP contribution is 2.32. The summed E-state index contributed by atoms with van der Waals surface area (Å²) in [6.45, 7) is 8.25. The molecule has 2 aromatic carbocycles. The van der Waals surface area contributed by atoms with Crippen LogP contribution < -0.4 is 14.5 Å². The molecule has 0 radical (unpaired) electrons. The van der Waals surface area contributed by atoms with Crippen LogP contribution in [0.2, 0.25) is 0 Å². The molecule has 0 bridgehead atoms. The van der Waals surface area contributed by atoms with E-state index in [4.69, 9.17) is 9.72 Å². The third-order valence-corrected chi connectivity index (χ3v) is 5.86. The molecule has 3 aromatic rings. The van der Waals surface area contributed by atoms with Gasteiger partial charge < -0.3 is 9.64 Å². The van der Waals surface area contributed by atoms with Gasteiger partial charge in [-0.3, -0.25) is 9.69 Å². The molecular formula is C23H30N3O2S+. The van der Waals surface area contributed by atoms with Crippen LogP contribution in [0.4, 0.5) is 5.13 Å². The van der Waals surface area contributed by atoms with Crippen LogP contribution in [-0.2, 0) is 0 Å². The van der Waals surface area contributed by atoms with Crippen LogP contribution in [0.3, 0.4) is 0 Å². The number of hydrogen-bond acceptors (Lipinski definition) is 4. The molecule has 154 valence electrons. The van der Waals surface area contributed by atoms with Crippen LogP contribution in [0.25, 0.3) is 10.2 Å². The van der Waals surface area contributed by atoms with Gasteiger partial charge >= 0.3 is 0 Å². The molecule has 1 N–H and O–H groups in total. The van der Waals surface area contributed by atoms with E-state index in [2.05, 4.69) is 14.1 Å². The third-order valence-electron chi connectivity index (χ3n) is 4.82. The van der Waals surface area contributed by atoms with Crippen LogP contribution in [0, 0.1) is 13.8 Å².